The molecule has 1 aliphatic rings. The van der Waals surface area contributed by atoms with Gasteiger partial charge in [-0.15, -0.1) is 0 Å². The van der Waals surface area contributed by atoms with Crippen molar-refractivity contribution in [1.82, 2.24) is 5.32 Å². The Morgan fingerprint density at radius 3 is 3.06 bits per heavy atom. The van der Waals surface area contributed by atoms with Gasteiger partial charge in [0.05, 0.1) is 31.5 Å². The van der Waals surface area contributed by atoms with Gasteiger partial charge in [-0.25, -0.2) is 4.39 Å². The molecular weight excluding hydrogens is 239 g/mol. The quantitative estimate of drug-likeness (QED) is 0.773. The third kappa shape index (κ3) is 3.18. The SMILES string of the molecule is Nc1ccc(F)cc1C(=O)NCC1COCCO1. The zero-order valence-electron chi connectivity index (χ0n) is 9.82. The minimum absolute atomic E-state index is 0.131. The monoisotopic (exact) mass is 254 g/mol. The van der Waals surface area contributed by atoms with Gasteiger partial charge in [0, 0.05) is 12.2 Å². The Hall–Kier alpha value is -1.66. The van der Waals surface area contributed by atoms with Crippen LogP contribution in [0.1, 0.15) is 10.4 Å². The maximum Gasteiger partial charge on any atom is 0.253 e. The number of nitrogen functional groups attached to an aromatic ring is 1. The van der Waals surface area contributed by atoms with E-state index in [-0.39, 0.29) is 17.4 Å². The van der Waals surface area contributed by atoms with E-state index in [1.807, 2.05) is 0 Å². The predicted molar refractivity (Wildman–Crippen MR) is 63.7 cm³/mol. The summed E-state index contributed by atoms with van der Waals surface area (Å²) >= 11 is 0. The molecule has 18 heavy (non-hydrogen) atoms. The maximum atomic E-state index is 13.0. The Morgan fingerprint density at radius 2 is 2.33 bits per heavy atom. The van der Waals surface area contributed by atoms with Crippen molar-refractivity contribution in [3.05, 3.63) is 29.6 Å². The van der Waals surface area contributed by atoms with Gasteiger partial charge in [0.25, 0.3) is 5.91 Å². The van der Waals surface area contributed by atoms with Gasteiger partial charge in [0.2, 0.25) is 0 Å². The molecule has 0 aliphatic carbocycles. The molecule has 0 saturated carbocycles. The third-order valence-corrected chi connectivity index (χ3v) is 2.64. The molecule has 5 nitrogen and oxygen atoms in total. The van der Waals surface area contributed by atoms with E-state index >= 15 is 0 Å². The molecule has 1 aromatic carbocycles. The first-order valence-corrected chi connectivity index (χ1v) is 5.69. The zero-order valence-corrected chi connectivity index (χ0v) is 9.82. The van der Waals surface area contributed by atoms with Crippen molar-refractivity contribution in [1.29, 1.82) is 0 Å². The lowest BCUT2D eigenvalue weighted by Crippen LogP contribution is -2.39. The fraction of sp³-hybridized carbons (Fsp3) is 0.417. The fourth-order valence-electron chi connectivity index (χ4n) is 1.68. The molecule has 0 radical (unpaired) electrons. The van der Waals surface area contributed by atoms with E-state index in [2.05, 4.69) is 5.32 Å². The summed E-state index contributed by atoms with van der Waals surface area (Å²) in [5, 5.41) is 2.65. The molecular formula is C12H15FN2O3. The largest absolute Gasteiger partial charge is 0.398 e. The van der Waals surface area contributed by atoms with Crippen molar-refractivity contribution in [2.24, 2.45) is 0 Å². The van der Waals surface area contributed by atoms with Gasteiger partial charge in [-0.3, -0.25) is 4.79 Å². The summed E-state index contributed by atoms with van der Waals surface area (Å²) in [6.07, 6.45) is -0.169. The van der Waals surface area contributed by atoms with Gasteiger partial charge in [-0.2, -0.15) is 0 Å². The number of carbonyl (C=O) groups is 1. The molecule has 1 heterocycles. The van der Waals surface area contributed by atoms with Crippen LogP contribution in [0, 0.1) is 5.82 Å². The summed E-state index contributed by atoms with van der Waals surface area (Å²) in [6, 6.07) is 3.69. The van der Waals surface area contributed by atoms with E-state index in [0.717, 1.165) is 6.07 Å². The Morgan fingerprint density at radius 1 is 1.50 bits per heavy atom. The summed E-state index contributed by atoms with van der Waals surface area (Å²) in [5.41, 5.74) is 5.99. The van der Waals surface area contributed by atoms with Crippen LogP contribution in [0.5, 0.6) is 0 Å². The number of hydrogen-bond acceptors (Lipinski definition) is 4. The first-order chi connectivity index (χ1) is 8.66. The van der Waals surface area contributed by atoms with Gasteiger partial charge in [-0.1, -0.05) is 0 Å². The fourth-order valence-corrected chi connectivity index (χ4v) is 1.68. The van der Waals surface area contributed by atoms with Gasteiger partial charge in [0.1, 0.15) is 5.82 Å². The molecule has 1 fully saturated rings. The summed E-state index contributed by atoms with van der Waals surface area (Å²) in [6.45, 7) is 1.84. The Bertz CT molecular complexity index is 433. The van der Waals surface area contributed by atoms with Gasteiger partial charge in [-0.05, 0) is 18.2 Å². The van der Waals surface area contributed by atoms with E-state index in [1.54, 1.807) is 0 Å². The second kappa shape index (κ2) is 5.79. The van der Waals surface area contributed by atoms with E-state index < -0.39 is 11.7 Å². The van der Waals surface area contributed by atoms with Crippen LogP contribution in [-0.2, 0) is 9.47 Å². The normalized spacial score (nSPS) is 19.5. The lowest BCUT2D eigenvalue weighted by molar-refractivity contribution is -0.0855. The minimum atomic E-state index is -0.494. The van der Waals surface area contributed by atoms with Crippen molar-refractivity contribution in [3.63, 3.8) is 0 Å². The van der Waals surface area contributed by atoms with Gasteiger partial charge >= 0.3 is 0 Å². The molecule has 6 heteroatoms. The smallest absolute Gasteiger partial charge is 0.253 e. The molecule has 1 atom stereocenters. The average molecular weight is 254 g/mol. The molecule has 1 amide bonds. The Balaban J connectivity index is 1.92. The standard InChI is InChI=1S/C12H15FN2O3/c13-8-1-2-11(14)10(5-8)12(16)15-6-9-7-17-3-4-18-9/h1-2,5,9H,3-4,6-7,14H2,(H,15,16). The number of nitrogens with two attached hydrogens (primary N) is 1. The lowest BCUT2D eigenvalue weighted by atomic mass is 10.1. The van der Waals surface area contributed by atoms with E-state index in [4.69, 9.17) is 15.2 Å². The molecule has 1 saturated heterocycles. The van der Waals surface area contributed by atoms with Crippen LogP contribution in [0.15, 0.2) is 18.2 Å². The maximum absolute atomic E-state index is 13.0. The van der Waals surface area contributed by atoms with Crippen LogP contribution >= 0.6 is 0 Å². The lowest BCUT2D eigenvalue weighted by Gasteiger charge is -2.23. The van der Waals surface area contributed by atoms with Crippen LogP contribution in [-0.4, -0.2) is 38.4 Å². The Labute approximate surface area is 104 Å². The van der Waals surface area contributed by atoms with Gasteiger partial charge in [0.15, 0.2) is 0 Å². The van der Waals surface area contributed by atoms with Gasteiger partial charge < -0.3 is 20.5 Å². The third-order valence-electron chi connectivity index (χ3n) is 2.64. The highest BCUT2D eigenvalue weighted by atomic mass is 19.1. The highest BCUT2D eigenvalue weighted by Crippen LogP contribution is 2.13. The minimum Gasteiger partial charge on any atom is -0.398 e. The number of carbonyl (C=O) groups excluding carboxylic acids is 1. The number of hydrogen-bond donors (Lipinski definition) is 2. The summed E-state index contributed by atoms with van der Waals surface area (Å²) < 4.78 is 23.6. The van der Waals surface area contributed by atoms with Crippen LogP contribution in [0.2, 0.25) is 0 Å². The molecule has 1 unspecified atom stereocenters. The number of ether oxygens (including phenoxy) is 2. The van der Waals surface area contributed by atoms with Crippen molar-refractivity contribution < 1.29 is 18.7 Å². The molecule has 1 aromatic rings. The molecule has 0 bridgehead atoms. The molecule has 98 valence electrons. The summed E-state index contributed by atoms with van der Waals surface area (Å²) in [4.78, 5) is 11.8. The molecule has 0 spiro atoms. The number of benzene rings is 1. The van der Waals surface area contributed by atoms with Crippen LogP contribution in [0.4, 0.5) is 10.1 Å². The number of anilines is 1. The number of halogens is 1. The second-order valence-corrected chi connectivity index (χ2v) is 4.01. The number of rotatable bonds is 3. The molecule has 3 N–H and O–H groups in total. The van der Waals surface area contributed by atoms with E-state index in [0.29, 0.717) is 26.4 Å². The summed E-state index contributed by atoms with van der Waals surface area (Å²) in [7, 11) is 0. The first kappa shape index (κ1) is 12.8. The number of amides is 1. The van der Waals surface area contributed by atoms with E-state index in [9.17, 15) is 9.18 Å². The predicted octanol–water partition coefficient (Wildman–Crippen LogP) is 0.553. The average Bonchev–Trinajstić information content (AvgIpc) is 2.40. The second-order valence-electron chi connectivity index (χ2n) is 4.01. The van der Waals surface area contributed by atoms with Crippen molar-refractivity contribution in [3.8, 4) is 0 Å². The molecule has 2 rings (SSSR count). The van der Waals surface area contributed by atoms with Crippen molar-refractivity contribution in [2.75, 3.05) is 32.1 Å². The number of nitrogens with one attached hydrogen (secondary N) is 1. The summed E-state index contributed by atoms with van der Waals surface area (Å²) in [5.74, 6) is -0.909. The van der Waals surface area contributed by atoms with Crippen LogP contribution in [0.25, 0.3) is 0 Å². The molecule has 0 aromatic heterocycles. The van der Waals surface area contributed by atoms with Crippen LogP contribution < -0.4 is 11.1 Å². The Kier molecular flexibility index (Phi) is 4.11. The topological polar surface area (TPSA) is 73.6 Å². The highest BCUT2D eigenvalue weighted by molar-refractivity contribution is 5.99. The van der Waals surface area contributed by atoms with Crippen LogP contribution in [0.3, 0.4) is 0 Å². The van der Waals surface area contributed by atoms with E-state index in [1.165, 1.54) is 12.1 Å². The first-order valence-electron chi connectivity index (χ1n) is 5.69. The molecule has 1 aliphatic heterocycles. The zero-order chi connectivity index (χ0) is 13.0. The highest BCUT2D eigenvalue weighted by Gasteiger charge is 2.17. The van der Waals surface area contributed by atoms with Crippen molar-refractivity contribution in [2.45, 2.75) is 6.10 Å². The van der Waals surface area contributed by atoms with Crippen molar-refractivity contribution >= 4 is 11.6 Å².